The zero-order chi connectivity index (χ0) is 18.5. The van der Waals surface area contributed by atoms with Crippen LogP contribution in [0.3, 0.4) is 0 Å². The topological polar surface area (TPSA) is 113 Å². The second-order valence-electron chi connectivity index (χ2n) is 5.74. The third-order valence-corrected chi connectivity index (χ3v) is 3.73. The van der Waals surface area contributed by atoms with Gasteiger partial charge in [0.15, 0.2) is 11.6 Å². The summed E-state index contributed by atoms with van der Waals surface area (Å²) in [7, 11) is 0. The second kappa shape index (κ2) is 7.56. The molecule has 0 radical (unpaired) electrons. The first-order chi connectivity index (χ1) is 12.5. The number of benzene rings is 1. The predicted octanol–water partition coefficient (Wildman–Crippen LogP) is 2.95. The number of hydrogen-bond donors (Lipinski definition) is 3. The summed E-state index contributed by atoms with van der Waals surface area (Å²) < 4.78 is 0. The predicted molar refractivity (Wildman–Crippen MR) is 96.6 cm³/mol. The lowest BCUT2D eigenvalue weighted by atomic mass is 10.1. The third-order valence-electron chi connectivity index (χ3n) is 3.73. The van der Waals surface area contributed by atoms with Crippen molar-refractivity contribution in [1.29, 1.82) is 0 Å². The molecule has 0 aliphatic heterocycles. The van der Waals surface area contributed by atoms with E-state index in [9.17, 15) is 9.59 Å². The molecule has 0 bridgehead atoms. The molecular weight excluding hydrogens is 332 g/mol. The molecule has 2 amide bonds. The average molecular weight is 350 g/mol. The number of carbonyl (C=O) groups is 2. The van der Waals surface area contributed by atoms with Gasteiger partial charge >= 0.3 is 6.03 Å². The second-order valence-corrected chi connectivity index (χ2v) is 5.74. The minimum atomic E-state index is -0.403. The normalized spacial score (nSPS) is 11.6. The zero-order valence-electron chi connectivity index (χ0n) is 14.4. The van der Waals surface area contributed by atoms with Crippen molar-refractivity contribution >= 4 is 17.5 Å². The van der Waals surface area contributed by atoms with Crippen LogP contribution < -0.4 is 10.6 Å². The van der Waals surface area contributed by atoms with Crippen LogP contribution in [0.15, 0.2) is 48.8 Å². The van der Waals surface area contributed by atoms with Crippen molar-refractivity contribution in [3.63, 3.8) is 0 Å². The average Bonchev–Trinajstić information content (AvgIpc) is 3.13. The van der Waals surface area contributed by atoms with Crippen LogP contribution >= 0.6 is 0 Å². The van der Waals surface area contributed by atoms with E-state index in [2.05, 4.69) is 30.8 Å². The first kappa shape index (κ1) is 17.3. The number of amides is 2. The van der Waals surface area contributed by atoms with Crippen molar-refractivity contribution < 1.29 is 9.59 Å². The molecule has 0 fully saturated rings. The Bertz CT molecular complexity index is 922. The van der Waals surface area contributed by atoms with E-state index in [0.29, 0.717) is 22.9 Å². The van der Waals surface area contributed by atoms with Gasteiger partial charge in [-0.25, -0.2) is 9.78 Å². The number of ketones is 1. The van der Waals surface area contributed by atoms with Gasteiger partial charge in [0.25, 0.3) is 0 Å². The van der Waals surface area contributed by atoms with Crippen LogP contribution in [0.4, 0.5) is 10.5 Å². The van der Waals surface area contributed by atoms with E-state index >= 15 is 0 Å². The van der Waals surface area contributed by atoms with Crippen LogP contribution in [0.1, 0.15) is 36.1 Å². The summed E-state index contributed by atoms with van der Waals surface area (Å²) in [5.74, 6) is 1.00. The molecule has 1 unspecified atom stereocenters. The van der Waals surface area contributed by atoms with Gasteiger partial charge in [-0.05, 0) is 38.1 Å². The van der Waals surface area contributed by atoms with Gasteiger partial charge in [-0.3, -0.25) is 14.9 Å². The first-order valence-electron chi connectivity index (χ1n) is 8.04. The van der Waals surface area contributed by atoms with E-state index in [1.807, 2.05) is 0 Å². The summed E-state index contributed by atoms with van der Waals surface area (Å²) in [6.07, 6.45) is 3.32. The highest BCUT2D eigenvalue weighted by atomic mass is 16.2. The number of Topliss-reactive ketones (excluding diaryl/α,β-unsaturated/α-hetero) is 1. The molecule has 2 aromatic heterocycles. The van der Waals surface area contributed by atoms with Crippen molar-refractivity contribution in [3.05, 3.63) is 60.2 Å². The van der Waals surface area contributed by atoms with Crippen molar-refractivity contribution in [1.82, 2.24) is 25.5 Å². The molecule has 132 valence electrons. The number of aromatic amines is 1. The maximum atomic E-state index is 12.2. The molecule has 0 spiro atoms. The highest BCUT2D eigenvalue weighted by Gasteiger charge is 2.15. The Morgan fingerprint density at radius 2 is 1.92 bits per heavy atom. The lowest BCUT2D eigenvalue weighted by Crippen LogP contribution is -2.31. The van der Waals surface area contributed by atoms with Crippen molar-refractivity contribution in [3.8, 4) is 11.4 Å². The van der Waals surface area contributed by atoms with Gasteiger partial charge < -0.3 is 10.6 Å². The van der Waals surface area contributed by atoms with Crippen molar-refractivity contribution in [2.45, 2.75) is 19.9 Å². The van der Waals surface area contributed by atoms with Gasteiger partial charge in [-0.1, -0.05) is 12.1 Å². The molecule has 0 saturated heterocycles. The van der Waals surface area contributed by atoms with E-state index in [1.54, 1.807) is 55.7 Å². The molecular formula is C18H18N6O2. The van der Waals surface area contributed by atoms with Crippen LogP contribution in [0.2, 0.25) is 0 Å². The lowest BCUT2D eigenvalue weighted by molar-refractivity contribution is 0.101. The number of rotatable bonds is 5. The SMILES string of the molecule is CC(=O)c1cccc(NC(=O)NC(C)c2nc(-c3ccncc3)n[nH]2)c1. The van der Waals surface area contributed by atoms with Crippen molar-refractivity contribution in [2.75, 3.05) is 5.32 Å². The van der Waals surface area contributed by atoms with Gasteiger partial charge in [-0.15, -0.1) is 0 Å². The monoisotopic (exact) mass is 350 g/mol. The summed E-state index contributed by atoms with van der Waals surface area (Å²) in [5, 5.41) is 12.5. The molecule has 1 aromatic carbocycles. The van der Waals surface area contributed by atoms with Gasteiger partial charge in [0.1, 0.15) is 5.82 Å². The third kappa shape index (κ3) is 4.10. The maximum absolute atomic E-state index is 12.2. The number of carbonyl (C=O) groups excluding carboxylic acids is 2. The summed E-state index contributed by atoms with van der Waals surface area (Å²) in [5.41, 5.74) is 1.91. The summed E-state index contributed by atoms with van der Waals surface area (Å²) in [6, 6.07) is 9.58. The molecule has 8 heteroatoms. The quantitative estimate of drug-likeness (QED) is 0.612. The molecule has 3 N–H and O–H groups in total. The Hall–Kier alpha value is -3.55. The number of nitrogens with one attached hydrogen (secondary N) is 3. The fourth-order valence-corrected chi connectivity index (χ4v) is 2.35. The number of aromatic nitrogens is 4. The summed E-state index contributed by atoms with van der Waals surface area (Å²) >= 11 is 0. The fraction of sp³-hybridized carbons (Fsp3) is 0.167. The number of H-pyrrole nitrogens is 1. The molecule has 0 aliphatic rings. The van der Waals surface area contributed by atoms with Gasteiger partial charge in [0, 0.05) is 29.2 Å². The standard InChI is InChI=1S/C18H18N6O2/c1-11(16-22-17(24-23-16)13-6-8-19-9-7-13)20-18(26)21-15-5-3-4-14(10-15)12(2)25/h3-11H,1-2H3,(H2,20,21,26)(H,22,23,24). The first-order valence-corrected chi connectivity index (χ1v) is 8.04. The molecule has 1 atom stereocenters. The van der Waals surface area contributed by atoms with Crippen LogP contribution in [-0.4, -0.2) is 32.0 Å². The van der Waals surface area contributed by atoms with Crippen molar-refractivity contribution in [2.24, 2.45) is 0 Å². The summed E-state index contributed by atoms with van der Waals surface area (Å²) in [4.78, 5) is 31.9. The molecule has 3 aromatic rings. The van der Waals surface area contributed by atoms with Gasteiger partial charge in [0.05, 0.1) is 6.04 Å². The number of nitrogens with zero attached hydrogens (tertiary/aromatic N) is 3. The number of urea groups is 1. The van der Waals surface area contributed by atoms with Gasteiger partial charge in [0.2, 0.25) is 0 Å². The molecule has 0 aliphatic carbocycles. The number of pyridine rings is 1. The Labute approximate surface area is 150 Å². The largest absolute Gasteiger partial charge is 0.328 e. The Morgan fingerprint density at radius 3 is 2.65 bits per heavy atom. The van der Waals surface area contributed by atoms with Gasteiger partial charge in [-0.2, -0.15) is 5.10 Å². The lowest BCUT2D eigenvalue weighted by Gasteiger charge is -2.12. The van der Waals surface area contributed by atoms with E-state index in [1.165, 1.54) is 6.92 Å². The molecule has 2 heterocycles. The Kier molecular flexibility index (Phi) is 5.02. The summed E-state index contributed by atoms with van der Waals surface area (Å²) in [6.45, 7) is 3.27. The number of anilines is 1. The Morgan fingerprint density at radius 1 is 1.15 bits per heavy atom. The molecule has 26 heavy (non-hydrogen) atoms. The number of hydrogen-bond acceptors (Lipinski definition) is 5. The fourth-order valence-electron chi connectivity index (χ4n) is 2.35. The Balaban J connectivity index is 1.64. The highest BCUT2D eigenvalue weighted by Crippen LogP contribution is 2.16. The molecule has 0 saturated carbocycles. The van der Waals surface area contributed by atoms with Crippen LogP contribution in [0.25, 0.3) is 11.4 Å². The minimum absolute atomic E-state index is 0.0623. The van der Waals surface area contributed by atoms with E-state index in [4.69, 9.17) is 0 Å². The maximum Gasteiger partial charge on any atom is 0.319 e. The van der Waals surface area contributed by atoms with E-state index in [-0.39, 0.29) is 11.8 Å². The van der Waals surface area contributed by atoms with E-state index in [0.717, 1.165) is 5.56 Å². The van der Waals surface area contributed by atoms with Crippen LogP contribution in [0, 0.1) is 0 Å². The minimum Gasteiger partial charge on any atom is -0.328 e. The molecule has 3 rings (SSSR count). The van der Waals surface area contributed by atoms with Crippen LogP contribution in [-0.2, 0) is 0 Å². The van der Waals surface area contributed by atoms with Crippen LogP contribution in [0.5, 0.6) is 0 Å². The smallest absolute Gasteiger partial charge is 0.319 e. The van der Waals surface area contributed by atoms with E-state index < -0.39 is 6.03 Å². The molecule has 8 nitrogen and oxygen atoms in total. The zero-order valence-corrected chi connectivity index (χ0v) is 14.4. The highest BCUT2D eigenvalue weighted by molar-refractivity contribution is 5.96.